The number of hydrogen-bond acceptors (Lipinski definition) is 1. The monoisotopic (exact) mass is 188 g/mol. The van der Waals surface area contributed by atoms with Crippen LogP contribution in [0.15, 0.2) is 35.3 Å². The normalized spacial score (nSPS) is 13.3. The Kier molecular flexibility index (Phi) is 4.98. The molecule has 0 fully saturated rings. The van der Waals surface area contributed by atoms with Gasteiger partial charge in [-0.2, -0.15) is 0 Å². The molecule has 0 saturated carbocycles. The summed E-state index contributed by atoms with van der Waals surface area (Å²) in [6.07, 6.45) is 6.54. The van der Waals surface area contributed by atoms with Crippen molar-refractivity contribution < 1.29 is 0 Å². The fourth-order valence-corrected chi connectivity index (χ4v) is 1.34. The molecule has 75 valence electrons. The van der Waals surface area contributed by atoms with Gasteiger partial charge in [-0.05, 0) is 37.3 Å². The average molecular weight is 188 g/mol. The van der Waals surface area contributed by atoms with Gasteiger partial charge in [0.1, 0.15) is 0 Å². The Labute approximate surface area is 86.9 Å². The molecule has 0 N–H and O–H groups in total. The van der Waals surface area contributed by atoms with Crippen molar-refractivity contribution in [3.63, 3.8) is 0 Å². The van der Waals surface area contributed by atoms with Gasteiger partial charge >= 0.3 is 0 Å². The summed E-state index contributed by atoms with van der Waals surface area (Å²) in [4.78, 5) is 4.45. The minimum atomic E-state index is 0.584. The molecular weight excluding hydrogens is 170 g/mol. The maximum atomic E-state index is 4.45. The summed E-state index contributed by atoms with van der Waals surface area (Å²) in [5, 5.41) is 0. The zero-order valence-electron chi connectivity index (χ0n) is 8.98. The van der Waals surface area contributed by atoms with Gasteiger partial charge in [-0.25, -0.2) is 0 Å². The number of aliphatic imine (C=N–C) groups is 1. The van der Waals surface area contributed by atoms with E-state index < -0.39 is 0 Å². The quantitative estimate of drug-likeness (QED) is 0.619. The fraction of sp³-hybridized carbons (Fsp3) is 0.385. The van der Waals surface area contributed by atoms with Crippen molar-refractivity contribution in [2.75, 3.05) is 0 Å². The number of rotatable bonds is 5. The molecular formula is C13H18N. The first-order chi connectivity index (χ1) is 6.86. The molecule has 0 aliphatic carbocycles. The molecule has 14 heavy (non-hydrogen) atoms. The van der Waals surface area contributed by atoms with Crippen LogP contribution in [0.25, 0.3) is 0 Å². The average Bonchev–Trinajstić information content (AvgIpc) is 2.25. The number of benzene rings is 1. The SMILES string of the molecule is C[CH]CC(C=Nc1ccccc1)CC. The van der Waals surface area contributed by atoms with E-state index in [1.54, 1.807) is 0 Å². The van der Waals surface area contributed by atoms with Crippen LogP contribution in [0, 0.1) is 12.3 Å². The predicted octanol–water partition coefficient (Wildman–Crippen LogP) is 4.03. The number of para-hydroxylation sites is 1. The lowest BCUT2D eigenvalue weighted by Crippen LogP contribution is -1.99. The van der Waals surface area contributed by atoms with Crippen molar-refractivity contribution in [2.45, 2.75) is 26.7 Å². The highest BCUT2D eigenvalue weighted by atomic mass is 14.7. The van der Waals surface area contributed by atoms with E-state index >= 15 is 0 Å². The standard InChI is InChI=1S/C13H18N/c1-3-8-12(4-2)11-14-13-9-6-5-7-10-13/h3,5-7,9-12H,4,8H2,1-2H3. The van der Waals surface area contributed by atoms with Gasteiger partial charge in [-0.3, -0.25) is 4.99 Å². The third-order valence-electron chi connectivity index (χ3n) is 2.25. The van der Waals surface area contributed by atoms with Gasteiger partial charge in [-0.1, -0.05) is 32.0 Å². The molecule has 1 aromatic rings. The van der Waals surface area contributed by atoms with Gasteiger partial charge in [0.05, 0.1) is 5.69 Å². The van der Waals surface area contributed by atoms with E-state index in [2.05, 4.69) is 31.5 Å². The van der Waals surface area contributed by atoms with Crippen molar-refractivity contribution in [3.05, 3.63) is 36.8 Å². The smallest absolute Gasteiger partial charge is 0.0625 e. The summed E-state index contributed by atoms with van der Waals surface area (Å²) in [5.41, 5.74) is 1.04. The highest BCUT2D eigenvalue weighted by Gasteiger charge is 1.99. The Hall–Kier alpha value is -1.11. The van der Waals surface area contributed by atoms with Crippen molar-refractivity contribution in [1.82, 2.24) is 0 Å². The Morgan fingerprint density at radius 2 is 2.00 bits per heavy atom. The zero-order valence-corrected chi connectivity index (χ0v) is 8.98. The minimum absolute atomic E-state index is 0.584. The lowest BCUT2D eigenvalue weighted by atomic mass is 10.0. The van der Waals surface area contributed by atoms with E-state index in [1.165, 1.54) is 0 Å². The first-order valence-electron chi connectivity index (χ1n) is 5.24. The van der Waals surface area contributed by atoms with Crippen molar-refractivity contribution in [3.8, 4) is 0 Å². The molecule has 1 atom stereocenters. The topological polar surface area (TPSA) is 12.4 Å². The van der Waals surface area contributed by atoms with Crippen LogP contribution in [0.1, 0.15) is 26.7 Å². The molecule has 0 aliphatic heterocycles. The third kappa shape index (κ3) is 3.73. The predicted molar refractivity (Wildman–Crippen MR) is 63.0 cm³/mol. The van der Waals surface area contributed by atoms with Crippen LogP contribution in [0.5, 0.6) is 0 Å². The first-order valence-corrected chi connectivity index (χ1v) is 5.24. The fourth-order valence-electron chi connectivity index (χ4n) is 1.34. The third-order valence-corrected chi connectivity index (χ3v) is 2.25. The Balaban J connectivity index is 2.53. The molecule has 0 heterocycles. The highest BCUT2D eigenvalue weighted by Crippen LogP contribution is 2.12. The zero-order chi connectivity index (χ0) is 10.2. The van der Waals surface area contributed by atoms with Crippen molar-refractivity contribution in [2.24, 2.45) is 10.9 Å². The van der Waals surface area contributed by atoms with Crippen LogP contribution in [-0.2, 0) is 0 Å². The lowest BCUT2D eigenvalue weighted by Gasteiger charge is -2.05. The summed E-state index contributed by atoms with van der Waals surface area (Å²) in [5.74, 6) is 0.584. The van der Waals surface area contributed by atoms with Gasteiger partial charge in [0, 0.05) is 6.21 Å². The Morgan fingerprint density at radius 1 is 1.29 bits per heavy atom. The molecule has 0 bridgehead atoms. The number of hydrogen-bond donors (Lipinski definition) is 0. The van der Waals surface area contributed by atoms with E-state index in [1.807, 2.05) is 30.3 Å². The largest absolute Gasteiger partial charge is 0.261 e. The number of nitrogens with zero attached hydrogens (tertiary/aromatic N) is 1. The molecule has 1 nitrogen and oxygen atoms in total. The molecule has 0 saturated heterocycles. The Bertz CT molecular complexity index is 264. The maximum Gasteiger partial charge on any atom is 0.0625 e. The molecule has 0 aliphatic rings. The molecule has 1 aromatic carbocycles. The summed E-state index contributed by atoms with van der Waals surface area (Å²) in [6.45, 7) is 4.30. The van der Waals surface area contributed by atoms with Crippen molar-refractivity contribution >= 4 is 11.9 Å². The van der Waals surface area contributed by atoms with Gasteiger partial charge in [0.2, 0.25) is 0 Å². The van der Waals surface area contributed by atoms with Crippen LogP contribution in [-0.4, -0.2) is 6.21 Å². The molecule has 1 radical (unpaired) electrons. The second-order valence-electron chi connectivity index (χ2n) is 3.43. The molecule has 1 heteroatoms. The van der Waals surface area contributed by atoms with Crippen LogP contribution in [0.3, 0.4) is 0 Å². The van der Waals surface area contributed by atoms with E-state index in [9.17, 15) is 0 Å². The lowest BCUT2D eigenvalue weighted by molar-refractivity contribution is 0.667. The molecule has 1 unspecified atom stereocenters. The molecule has 0 spiro atoms. The highest BCUT2D eigenvalue weighted by molar-refractivity contribution is 5.65. The Morgan fingerprint density at radius 3 is 2.57 bits per heavy atom. The summed E-state index contributed by atoms with van der Waals surface area (Å²) < 4.78 is 0. The van der Waals surface area contributed by atoms with Gasteiger partial charge in [0.15, 0.2) is 0 Å². The molecule has 1 rings (SSSR count). The summed E-state index contributed by atoms with van der Waals surface area (Å²) in [6, 6.07) is 10.1. The first kappa shape index (κ1) is 11.0. The van der Waals surface area contributed by atoms with E-state index in [4.69, 9.17) is 0 Å². The van der Waals surface area contributed by atoms with Gasteiger partial charge in [-0.15, -0.1) is 0 Å². The van der Waals surface area contributed by atoms with Crippen molar-refractivity contribution in [1.29, 1.82) is 0 Å². The van der Waals surface area contributed by atoms with E-state index in [0.717, 1.165) is 18.5 Å². The summed E-state index contributed by atoms with van der Waals surface area (Å²) >= 11 is 0. The molecule has 0 aromatic heterocycles. The van der Waals surface area contributed by atoms with Crippen LogP contribution in [0.4, 0.5) is 5.69 Å². The van der Waals surface area contributed by atoms with E-state index in [0.29, 0.717) is 5.92 Å². The molecule has 0 amide bonds. The second kappa shape index (κ2) is 6.36. The van der Waals surface area contributed by atoms with Crippen LogP contribution in [0.2, 0.25) is 0 Å². The summed E-state index contributed by atoms with van der Waals surface area (Å²) in [7, 11) is 0. The van der Waals surface area contributed by atoms with Crippen LogP contribution < -0.4 is 0 Å². The van der Waals surface area contributed by atoms with E-state index in [-0.39, 0.29) is 0 Å². The van der Waals surface area contributed by atoms with Crippen LogP contribution >= 0.6 is 0 Å². The van der Waals surface area contributed by atoms with Gasteiger partial charge in [0.25, 0.3) is 0 Å². The second-order valence-corrected chi connectivity index (χ2v) is 3.43. The van der Waals surface area contributed by atoms with Gasteiger partial charge < -0.3 is 0 Å². The maximum absolute atomic E-state index is 4.45. The minimum Gasteiger partial charge on any atom is -0.261 e.